The van der Waals surface area contributed by atoms with Crippen LogP contribution in [0.1, 0.15) is 51.0 Å². The fourth-order valence-electron chi connectivity index (χ4n) is 2.67. The van der Waals surface area contributed by atoms with E-state index in [1.165, 1.54) is 6.42 Å². The molecule has 0 spiro atoms. The SMILES string of the molecule is CC(C)CCC(C)n1c(CCCl)nc2ccc(C#N)cc21. The van der Waals surface area contributed by atoms with Crippen molar-refractivity contribution in [2.75, 3.05) is 5.88 Å². The van der Waals surface area contributed by atoms with Crippen LogP contribution in [-0.2, 0) is 6.42 Å². The Labute approximate surface area is 131 Å². The molecule has 2 aromatic rings. The third-order valence-electron chi connectivity index (χ3n) is 3.81. The van der Waals surface area contributed by atoms with Crippen molar-refractivity contribution in [2.45, 2.75) is 46.1 Å². The van der Waals surface area contributed by atoms with Crippen LogP contribution in [0.15, 0.2) is 18.2 Å². The van der Waals surface area contributed by atoms with Gasteiger partial charge < -0.3 is 4.57 Å². The summed E-state index contributed by atoms with van der Waals surface area (Å²) in [4.78, 5) is 4.70. The number of fused-ring (bicyclic) bond motifs is 1. The average Bonchev–Trinajstić information content (AvgIpc) is 2.82. The maximum atomic E-state index is 9.11. The number of nitrogens with zero attached hydrogens (tertiary/aromatic N) is 3. The van der Waals surface area contributed by atoms with Crippen molar-refractivity contribution in [1.29, 1.82) is 5.26 Å². The van der Waals surface area contributed by atoms with Gasteiger partial charge in [-0.25, -0.2) is 4.98 Å². The van der Waals surface area contributed by atoms with Crippen LogP contribution in [-0.4, -0.2) is 15.4 Å². The number of halogens is 1. The zero-order valence-corrected chi connectivity index (χ0v) is 13.7. The highest BCUT2D eigenvalue weighted by molar-refractivity contribution is 6.17. The van der Waals surface area contributed by atoms with Crippen LogP contribution in [0.2, 0.25) is 0 Å². The molecule has 0 saturated carbocycles. The van der Waals surface area contributed by atoms with Crippen molar-refractivity contribution in [3.8, 4) is 6.07 Å². The fourth-order valence-corrected chi connectivity index (χ4v) is 2.84. The fraction of sp³-hybridized carbons (Fsp3) is 0.529. The van der Waals surface area contributed by atoms with E-state index in [2.05, 4.69) is 31.4 Å². The van der Waals surface area contributed by atoms with Gasteiger partial charge in [0, 0.05) is 18.3 Å². The summed E-state index contributed by atoms with van der Waals surface area (Å²) in [6.45, 7) is 6.71. The normalized spacial score (nSPS) is 12.8. The summed E-state index contributed by atoms with van der Waals surface area (Å²) in [6.07, 6.45) is 3.04. The molecule has 1 aromatic carbocycles. The molecule has 21 heavy (non-hydrogen) atoms. The second kappa shape index (κ2) is 6.95. The molecule has 2 rings (SSSR count). The van der Waals surface area contributed by atoms with E-state index in [4.69, 9.17) is 21.8 Å². The van der Waals surface area contributed by atoms with E-state index in [1.54, 1.807) is 0 Å². The summed E-state index contributed by atoms with van der Waals surface area (Å²) < 4.78 is 2.26. The van der Waals surface area contributed by atoms with Crippen LogP contribution in [0.4, 0.5) is 0 Å². The Morgan fingerprint density at radius 1 is 1.29 bits per heavy atom. The van der Waals surface area contributed by atoms with Gasteiger partial charge in [0.2, 0.25) is 0 Å². The van der Waals surface area contributed by atoms with Crippen molar-refractivity contribution in [3.63, 3.8) is 0 Å². The second-order valence-corrected chi connectivity index (χ2v) is 6.35. The molecule has 1 heterocycles. The number of benzene rings is 1. The minimum Gasteiger partial charge on any atom is -0.325 e. The lowest BCUT2D eigenvalue weighted by atomic mass is 10.0. The quantitative estimate of drug-likeness (QED) is 0.727. The number of rotatable bonds is 6. The van der Waals surface area contributed by atoms with E-state index in [1.807, 2.05) is 18.2 Å². The van der Waals surface area contributed by atoms with Crippen molar-refractivity contribution in [2.24, 2.45) is 5.92 Å². The first-order valence-electron chi connectivity index (χ1n) is 7.53. The molecule has 0 saturated heterocycles. The number of imidazole rings is 1. The maximum absolute atomic E-state index is 9.11. The minimum absolute atomic E-state index is 0.365. The highest BCUT2D eigenvalue weighted by Gasteiger charge is 2.16. The Morgan fingerprint density at radius 3 is 2.67 bits per heavy atom. The lowest BCUT2D eigenvalue weighted by Crippen LogP contribution is -2.11. The van der Waals surface area contributed by atoms with Gasteiger partial charge in [-0.15, -0.1) is 11.6 Å². The van der Waals surface area contributed by atoms with Gasteiger partial charge in [-0.1, -0.05) is 13.8 Å². The molecule has 112 valence electrons. The monoisotopic (exact) mass is 303 g/mol. The van der Waals surface area contributed by atoms with Crippen LogP contribution in [0.5, 0.6) is 0 Å². The van der Waals surface area contributed by atoms with Gasteiger partial charge in [0.25, 0.3) is 0 Å². The summed E-state index contributed by atoms with van der Waals surface area (Å²) >= 11 is 5.92. The zero-order chi connectivity index (χ0) is 15.4. The predicted octanol–water partition coefficient (Wildman–Crippen LogP) is 4.69. The topological polar surface area (TPSA) is 41.6 Å². The van der Waals surface area contributed by atoms with E-state index >= 15 is 0 Å². The van der Waals surface area contributed by atoms with E-state index in [0.29, 0.717) is 23.4 Å². The van der Waals surface area contributed by atoms with Gasteiger partial charge in [-0.2, -0.15) is 5.26 Å². The van der Waals surface area contributed by atoms with Gasteiger partial charge in [0.05, 0.1) is 22.7 Å². The molecule has 0 N–H and O–H groups in total. The molecule has 0 aliphatic rings. The summed E-state index contributed by atoms with van der Waals surface area (Å²) in [5.41, 5.74) is 2.67. The highest BCUT2D eigenvalue weighted by Crippen LogP contribution is 2.26. The number of hydrogen-bond donors (Lipinski definition) is 0. The van der Waals surface area contributed by atoms with E-state index < -0.39 is 0 Å². The van der Waals surface area contributed by atoms with Crippen LogP contribution in [0, 0.1) is 17.2 Å². The molecule has 1 aromatic heterocycles. The van der Waals surface area contributed by atoms with E-state index in [9.17, 15) is 0 Å². The molecular formula is C17H22ClN3. The van der Waals surface area contributed by atoms with Crippen LogP contribution >= 0.6 is 11.6 Å². The molecule has 0 fully saturated rings. The molecule has 0 amide bonds. The molecule has 1 atom stereocenters. The molecule has 1 unspecified atom stereocenters. The molecular weight excluding hydrogens is 282 g/mol. The van der Waals surface area contributed by atoms with Gasteiger partial charge >= 0.3 is 0 Å². The summed E-state index contributed by atoms with van der Waals surface area (Å²) in [5, 5.41) is 9.11. The van der Waals surface area contributed by atoms with Crippen molar-refractivity contribution in [1.82, 2.24) is 9.55 Å². The molecule has 4 heteroatoms. The second-order valence-electron chi connectivity index (χ2n) is 5.97. The van der Waals surface area contributed by atoms with Crippen LogP contribution in [0.3, 0.4) is 0 Å². The van der Waals surface area contributed by atoms with Crippen LogP contribution in [0.25, 0.3) is 11.0 Å². The first-order chi connectivity index (χ1) is 10.1. The maximum Gasteiger partial charge on any atom is 0.111 e. The van der Waals surface area contributed by atoms with Crippen molar-refractivity contribution < 1.29 is 0 Å². The summed E-state index contributed by atoms with van der Waals surface area (Å²) in [6, 6.07) is 8.26. The third-order valence-corrected chi connectivity index (χ3v) is 4.00. The van der Waals surface area contributed by atoms with Crippen molar-refractivity contribution in [3.05, 3.63) is 29.6 Å². The third kappa shape index (κ3) is 3.57. The van der Waals surface area contributed by atoms with Crippen molar-refractivity contribution >= 4 is 22.6 Å². The standard InChI is InChI=1S/C17H22ClN3/c1-12(2)4-5-13(3)21-16-10-14(11-19)6-7-15(16)20-17(21)8-9-18/h6-7,10,12-13H,4-5,8-9H2,1-3H3. The number of hydrogen-bond acceptors (Lipinski definition) is 2. The number of aromatic nitrogens is 2. The Kier molecular flexibility index (Phi) is 5.25. The predicted molar refractivity (Wildman–Crippen MR) is 87.7 cm³/mol. The highest BCUT2D eigenvalue weighted by atomic mass is 35.5. The van der Waals surface area contributed by atoms with Gasteiger partial charge in [0.1, 0.15) is 5.82 Å². The molecule has 0 aliphatic carbocycles. The molecule has 0 bridgehead atoms. The van der Waals surface area contributed by atoms with Gasteiger partial charge in [0.15, 0.2) is 0 Å². The first kappa shape index (κ1) is 15.9. The Bertz CT molecular complexity index is 652. The molecule has 0 aliphatic heterocycles. The number of aryl methyl sites for hydroxylation is 1. The summed E-state index contributed by atoms with van der Waals surface area (Å²) in [5.74, 6) is 2.27. The van der Waals surface area contributed by atoms with Gasteiger partial charge in [-0.05, 0) is 43.9 Å². The number of nitriles is 1. The minimum atomic E-state index is 0.365. The molecule has 0 radical (unpaired) electrons. The average molecular weight is 304 g/mol. The Balaban J connectivity index is 2.46. The van der Waals surface area contributed by atoms with Crippen LogP contribution < -0.4 is 0 Å². The smallest absolute Gasteiger partial charge is 0.111 e. The molecule has 3 nitrogen and oxygen atoms in total. The Hall–Kier alpha value is -1.53. The van der Waals surface area contributed by atoms with Gasteiger partial charge in [-0.3, -0.25) is 0 Å². The first-order valence-corrected chi connectivity index (χ1v) is 8.07. The Morgan fingerprint density at radius 2 is 2.05 bits per heavy atom. The zero-order valence-electron chi connectivity index (χ0n) is 12.9. The van der Waals surface area contributed by atoms with E-state index in [0.717, 1.165) is 29.7 Å². The lowest BCUT2D eigenvalue weighted by molar-refractivity contribution is 0.438. The lowest BCUT2D eigenvalue weighted by Gasteiger charge is -2.18. The van der Waals surface area contributed by atoms with E-state index in [-0.39, 0.29) is 0 Å². The largest absolute Gasteiger partial charge is 0.325 e. The number of alkyl halides is 1. The summed E-state index contributed by atoms with van der Waals surface area (Å²) in [7, 11) is 0.